The largest absolute Gasteiger partial charge is 0.489 e. The molecular formula is C25H24N4O4. The molecule has 3 aromatic heterocycles. The van der Waals surface area contributed by atoms with Crippen molar-refractivity contribution in [1.82, 2.24) is 14.8 Å². The number of aromatic nitrogens is 3. The molecule has 0 amide bonds. The summed E-state index contributed by atoms with van der Waals surface area (Å²) >= 11 is 0. The standard InChI is InChI=1S/C25H24N4O4/c1-30-11-8-29-16-19(15-28-29)24-13-22-25(33-24)21(4-7-27-22)17-2-3-23(18(12-17)14-26)32-20-5-9-31-10-6-20/h2-4,7,12-13,15-16,20H,5-6,8-11H2,1H3. The molecule has 0 saturated carbocycles. The second kappa shape index (κ2) is 9.45. The number of ether oxygens (including phenoxy) is 3. The SMILES string of the molecule is COCCn1cc(-c2cc3nccc(-c4ccc(OC5CCOCC5)c(C#N)c4)c3o2)cn1. The quantitative estimate of drug-likeness (QED) is 0.416. The molecule has 8 nitrogen and oxygen atoms in total. The van der Waals surface area contributed by atoms with Crippen molar-refractivity contribution >= 4 is 11.1 Å². The molecule has 1 aliphatic heterocycles. The molecule has 33 heavy (non-hydrogen) atoms. The highest BCUT2D eigenvalue weighted by Crippen LogP contribution is 2.35. The number of fused-ring (bicyclic) bond motifs is 1. The molecular weight excluding hydrogens is 420 g/mol. The lowest BCUT2D eigenvalue weighted by atomic mass is 10.0. The van der Waals surface area contributed by atoms with Gasteiger partial charge in [0.15, 0.2) is 5.58 Å². The number of hydrogen-bond donors (Lipinski definition) is 0. The Balaban J connectivity index is 1.46. The van der Waals surface area contributed by atoms with Gasteiger partial charge in [-0.1, -0.05) is 6.07 Å². The number of pyridine rings is 1. The Morgan fingerprint density at radius 3 is 2.88 bits per heavy atom. The van der Waals surface area contributed by atoms with Crippen LogP contribution < -0.4 is 4.74 Å². The Bertz CT molecular complexity index is 1300. The van der Waals surface area contributed by atoms with Gasteiger partial charge in [0.25, 0.3) is 0 Å². The summed E-state index contributed by atoms with van der Waals surface area (Å²) in [6, 6.07) is 11.7. The average Bonchev–Trinajstić information content (AvgIpc) is 3.50. The summed E-state index contributed by atoms with van der Waals surface area (Å²) in [6.07, 6.45) is 7.17. The predicted octanol–water partition coefficient (Wildman–Crippen LogP) is 4.43. The van der Waals surface area contributed by atoms with E-state index < -0.39 is 0 Å². The molecule has 0 aliphatic carbocycles. The lowest BCUT2D eigenvalue weighted by Gasteiger charge is -2.23. The topological polar surface area (TPSA) is 95.3 Å². The number of methoxy groups -OCH3 is 1. The van der Waals surface area contributed by atoms with Crippen LogP contribution in [-0.4, -0.2) is 47.8 Å². The maximum atomic E-state index is 9.74. The van der Waals surface area contributed by atoms with E-state index in [9.17, 15) is 5.26 Å². The maximum absolute atomic E-state index is 9.74. The third-order valence-electron chi connectivity index (χ3n) is 5.73. The Hall–Kier alpha value is -3.67. The first kappa shape index (κ1) is 21.2. The van der Waals surface area contributed by atoms with E-state index in [2.05, 4.69) is 16.2 Å². The molecule has 4 heterocycles. The highest BCUT2D eigenvalue weighted by molar-refractivity contribution is 5.92. The Labute approximate surface area is 191 Å². The van der Waals surface area contributed by atoms with Crippen molar-refractivity contribution in [2.45, 2.75) is 25.5 Å². The molecule has 8 heteroatoms. The number of rotatable bonds is 7. The zero-order valence-corrected chi connectivity index (χ0v) is 18.4. The number of nitriles is 1. The van der Waals surface area contributed by atoms with E-state index >= 15 is 0 Å². The lowest BCUT2D eigenvalue weighted by molar-refractivity contribution is 0.0254. The van der Waals surface area contributed by atoms with Crippen molar-refractivity contribution in [2.24, 2.45) is 0 Å². The normalized spacial score (nSPS) is 14.4. The second-order valence-electron chi connectivity index (χ2n) is 7.92. The summed E-state index contributed by atoms with van der Waals surface area (Å²) < 4.78 is 24.6. The van der Waals surface area contributed by atoms with Gasteiger partial charge in [-0.05, 0) is 23.8 Å². The van der Waals surface area contributed by atoms with Gasteiger partial charge in [-0.3, -0.25) is 9.67 Å². The van der Waals surface area contributed by atoms with Crippen LogP contribution in [0, 0.1) is 11.3 Å². The van der Waals surface area contributed by atoms with Gasteiger partial charge < -0.3 is 18.6 Å². The van der Waals surface area contributed by atoms with Crippen molar-refractivity contribution < 1.29 is 18.6 Å². The van der Waals surface area contributed by atoms with E-state index in [-0.39, 0.29) is 6.10 Å². The van der Waals surface area contributed by atoms with Gasteiger partial charge in [0.05, 0.1) is 43.7 Å². The number of benzene rings is 1. The zero-order chi connectivity index (χ0) is 22.6. The van der Waals surface area contributed by atoms with E-state index in [1.807, 2.05) is 41.2 Å². The highest BCUT2D eigenvalue weighted by atomic mass is 16.5. The fourth-order valence-electron chi connectivity index (χ4n) is 3.97. The first-order valence-corrected chi connectivity index (χ1v) is 10.9. The monoisotopic (exact) mass is 444 g/mol. The van der Waals surface area contributed by atoms with Crippen LogP contribution in [0.1, 0.15) is 18.4 Å². The van der Waals surface area contributed by atoms with Crippen molar-refractivity contribution in [3.05, 3.63) is 54.5 Å². The van der Waals surface area contributed by atoms with Gasteiger partial charge in [0, 0.05) is 44.0 Å². The molecule has 0 bridgehead atoms. The lowest BCUT2D eigenvalue weighted by Crippen LogP contribution is -2.26. The van der Waals surface area contributed by atoms with Gasteiger partial charge in [-0.15, -0.1) is 0 Å². The van der Waals surface area contributed by atoms with Crippen LogP contribution in [0.5, 0.6) is 5.75 Å². The number of nitrogens with zero attached hydrogens (tertiary/aromatic N) is 4. The van der Waals surface area contributed by atoms with Crippen molar-refractivity contribution in [3.63, 3.8) is 0 Å². The maximum Gasteiger partial charge on any atom is 0.161 e. The summed E-state index contributed by atoms with van der Waals surface area (Å²) in [5.74, 6) is 1.29. The van der Waals surface area contributed by atoms with Crippen molar-refractivity contribution in [3.8, 4) is 34.3 Å². The number of hydrogen-bond acceptors (Lipinski definition) is 7. The minimum absolute atomic E-state index is 0.0711. The van der Waals surface area contributed by atoms with E-state index in [4.69, 9.17) is 18.6 Å². The highest BCUT2D eigenvalue weighted by Gasteiger charge is 2.19. The van der Waals surface area contributed by atoms with Gasteiger partial charge in [-0.2, -0.15) is 10.4 Å². The molecule has 0 N–H and O–H groups in total. The minimum atomic E-state index is 0.0711. The average molecular weight is 444 g/mol. The molecule has 1 saturated heterocycles. The summed E-state index contributed by atoms with van der Waals surface area (Å²) in [7, 11) is 1.66. The van der Waals surface area contributed by atoms with Gasteiger partial charge in [-0.25, -0.2) is 0 Å². The van der Waals surface area contributed by atoms with Crippen LogP contribution in [0.4, 0.5) is 0 Å². The van der Waals surface area contributed by atoms with Crippen LogP contribution in [0.2, 0.25) is 0 Å². The fraction of sp³-hybridized carbons (Fsp3) is 0.320. The minimum Gasteiger partial charge on any atom is -0.489 e. The van der Waals surface area contributed by atoms with Gasteiger partial charge in [0.2, 0.25) is 0 Å². The molecule has 0 unspecified atom stereocenters. The van der Waals surface area contributed by atoms with Crippen molar-refractivity contribution in [1.29, 1.82) is 5.26 Å². The third kappa shape index (κ3) is 4.46. The Morgan fingerprint density at radius 2 is 2.06 bits per heavy atom. The summed E-state index contributed by atoms with van der Waals surface area (Å²) in [5, 5.41) is 14.1. The second-order valence-corrected chi connectivity index (χ2v) is 7.92. The van der Waals surface area contributed by atoms with Gasteiger partial charge >= 0.3 is 0 Å². The predicted molar refractivity (Wildman–Crippen MR) is 122 cm³/mol. The van der Waals surface area contributed by atoms with Crippen LogP contribution in [0.3, 0.4) is 0 Å². The van der Waals surface area contributed by atoms with Crippen molar-refractivity contribution in [2.75, 3.05) is 26.9 Å². The first-order chi connectivity index (χ1) is 16.2. The third-order valence-corrected chi connectivity index (χ3v) is 5.73. The summed E-state index contributed by atoms with van der Waals surface area (Å²) in [6.45, 7) is 2.62. The van der Waals surface area contributed by atoms with Crippen LogP contribution >= 0.6 is 0 Å². The molecule has 1 aliphatic rings. The fourth-order valence-corrected chi connectivity index (χ4v) is 3.97. The van der Waals surface area contributed by atoms with E-state index in [1.54, 1.807) is 19.5 Å². The molecule has 0 atom stereocenters. The molecule has 1 fully saturated rings. The molecule has 5 rings (SSSR count). The van der Waals surface area contributed by atoms with Crippen LogP contribution in [0.25, 0.3) is 33.6 Å². The summed E-state index contributed by atoms with van der Waals surface area (Å²) in [5.41, 5.74) is 4.51. The Morgan fingerprint density at radius 1 is 1.18 bits per heavy atom. The smallest absolute Gasteiger partial charge is 0.161 e. The molecule has 1 aromatic carbocycles. The van der Waals surface area contributed by atoms with Gasteiger partial charge in [0.1, 0.15) is 29.2 Å². The molecule has 0 radical (unpaired) electrons. The first-order valence-electron chi connectivity index (χ1n) is 10.9. The molecule has 4 aromatic rings. The van der Waals surface area contributed by atoms with Crippen LogP contribution in [-0.2, 0) is 16.0 Å². The zero-order valence-electron chi connectivity index (χ0n) is 18.4. The Kier molecular flexibility index (Phi) is 6.07. The van der Waals surface area contributed by atoms with Crippen LogP contribution in [0.15, 0.2) is 53.3 Å². The van der Waals surface area contributed by atoms with E-state index in [0.717, 1.165) is 35.0 Å². The van der Waals surface area contributed by atoms with E-state index in [0.29, 0.717) is 49.0 Å². The number of furan rings is 1. The van der Waals surface area contributed by atoms with E-state index in [1.165, 1.54) is 0 Å². The summed E-state index contributed by atoms with van der Waals surface area (Å²) in [4.78, 5) is 4.46. The molecule has 0 spiro atoms. The molecule has 168 valence electrons.